The molecule has 0 atom stereocenters. The summed E-state index contributed by atoms with van der Waals surface area (Å²) in [7, 11) is 1.65. The van der Waals surface area contributed by atoms with Crippen molar-refractivity contribution in [1.29, 1.82) is 0 Å². The molecular weight excluding hydrogens is 284 g/mol. The molecule has 112 valence electrons. The van der Waals surface area contributed by atoms with Crippen LogP contribution in [0.15, 0.2) is 29.5 Å². The predicted octanol–water partition coefficient (Wildman–Crippen LogP) is 2.17. The van der Waals surface area contributed by atoms with Crippen molar-refractivity contribution in [3.63, 3.8) is 0 Å². The number of rotatable bonds is 6. The van der Waals surface area contributed by atoms with Gasteiger partial charge in [0.1, 0.15) is 0 Å². The van der Waals surface area contributed by atoms with Crippen molar-refractivity contribution in [2.75, 3.05) is 20.3 Å². The number of benzene rings is 1. The van der Waals surface area contributed by atoms with Gasteiger partial charge in [-0.15, -0.1) is 0 Å². The standard InChI is InChI=1S/C15H20N4OS/c1-3-11-5-4-6-13-12(9-17-14(11)13)10-18-19-15(21)16-7-8-20-2/h4-6,9-10,17H,3,7-8H2,1-2H3,(H2,16,19,21). The molecule has 1 aromatic heterocycles. The Labute approximate surface area is 129 Å². The van der Waals surface area contributed by atoms with Crippen LogP contribution in [0, 0.1) is 0 Å². The van der Waals surface area contributed by atoms with E-state index >= 15 is 0 Å². The summed E-state index contributed by atoms with van der Waals surface area (Å²) in [5.41, 5.74) is 6.30. The molecule has 6 heteroatoms. The molecule has 0 saturated carbocycles. The summed E-state index contributed by atoms with van der Waals surface area (Å²) < 4.78 is 4.93. The maximum atomic E-state index is 5.10. The van der Waals surface area contributed by atoms with Gasteiger partial charge in [-0.05, 0) is 24.2 Å². The number of aromatic nitrogens is 1. The second kappa shape index (κ2) is 7.75. The molecule has 0 aliphatic rings. The van der Waals surface area contributed by atoms with Gasteiger partial charge in [-0.2, -0.15) is 5.10 Å². The number of H-pyrrole nitrogens is 1. The normalized spacial score (nSPS) is 11.1. The topological polar surface area (TPSA) is 61.4 Å². The summed E-state index contributed by atoms with van der Waals surface area (Å²) in [5, 5.41) is 8.80. The smallest absolute Gasteiger partial charge is 0.187 e. The third-order valence-electron chi connectivity index (χ3n) is 3.18. The lowest BCUT2D eigenvalue weighted by Gasteiger charge is -2.05. The Hall–Kier alpha value is -1.92. The number of nitrogens with one attached hydrogen (secondary N) is 3. The molecule has 21 heavy (non-hydrogen) atoms. The van der Waals surface area contributed by atoms with E-state index in [0.29, 0.717) is 18.3 Å². The summed E-state index contributed by atoms with van der Waals surface area (Å²) in [6.07, 6.45) is 4.72. The van der Waals surface area contributed by atoms with Crippen LogP contribution in [0.25, 0.3) is 10.9 Å². The number of hydrogen-bond acceptors (Lipinski definition) is 3. The van der Waals surface area contributed by atoms with Crippen molar-refractivity contribution >= 4 is 34.4 Å². The lowest BCUT2D eigenvalue weighted by molar-refractivity contribution is 0.204. The van der Waals surface area contributed by atoms with Crippen LogP contribution in [0.2, 0.25) is 0 Å². The van der Waals surface area contributed by atoms with E-state index in [9.17, 15) is 0 Å². The second-order valence-electron chi connectivity index (χ2n) is 4.56. The number of thiocarbonyl (C=S) groups is 1. The first-order valence-electron chi connectivity index (χ1n) is 6.91. The molecule has 3 N–H and O–H groups in total. The first kappa shape index (κ1) is 15.5. The number of hydrogen-bond donors (Lipinski definition) is 3. The molecule has 0 spiro atoms. The quantitative estimate of drug-likeness (QED) is 0.331. The number of hydrazone groups is 1. The molecule has 0 unspecified atom stereocenters. The summed E-state index contributed by atoms with van der Waals surface area (Å²) in [5.74, 6) is 0. The molecule has 2 rings (SSSR count). The van der Waals surface area contributed by atoms with Gasteiger partial charge in [-0.25, -0.2) is 0 Å². The van der Waals surface area contributed by atoms with Gasteiger partial charge < -0.3 is 15.0 Å². The van der Waals surface area contributed by atoms with Crippen LogP contribution in [0.4, 0.5) is 0 Å². The number of aryl methyl sites for hydroxylation is 1. The lowest BCUT2D eigenvalue weighted by Crippen LogP contribution is -2.34. The Morgan fingerprint density at radius 1 is 1.48 bits per heavy atom. The Morgan fingerprint density at radius 2 is 2.33 bits per heavy atom. The van der Waals surface area contributed by atoms with E-state index < -0.39 is 0 Å². The average Bonchev–Trinajstić information content (AvgIpc) is 2.91. The lowest BCUT2D eigenvalue weighted by atomic mass is 10.1. The Balaban J connectivity index is 2.00. The summed E-state index contributed by atoms with van der Waals surface area (Å²) >= 11 is 5.10. The molecule has 0 saturated heterocycles. The highest BCUT2D eigenvalue weighted by molar-refractivity contribution is 7.80. The fourth-order valence-corrected chi connectivity index (χ4v) is 2.26. The summed E-state index contributed by atoms with van der Waals surface area (Å²) in [6, 6.07) is 6.28. The van der Waals surface area contributed by atoms with Gasteiger partial charge in [0.25, 0.3) is 0 Å². The zero-order chi connectivity index (χ0) is 15.1. The Bertz CT molecular complexity index is 636. The first-order chi connectivity index (χ1) is 10.3. The van der Waals surface area contributed by atoms with E-state index in [2.05, 4.69) is 46.0 Å². The molecule has 0 radical (unpaired) electrons. The van der Waals surface area contributed by atoms with Crippen LogP contribution in [0.1, 0.15) is 18.1 Å². The van der Waals surface area contributed by atoms with Crippen LogP contribution in [0.3, 0.4) is 0 Å². The molecule has 1 aromatic carbocycles. The molecule has 2 aromatic rings. The molecule has 0 aliphatic carbocycles. The van der Waals surface area contributed by atoms with Gasteiger partial charge in [-0.1, -0.05) is 25.1 Å². The van der Waals surface area contributed by atoms with E-state index in [4.69, 9.17) is 17.0 Å². The third kappa shape index (κ3) is 4.03. The number of methoxy groups -OCH3 is 1. The van der Waals surface area contributed by atoms with Crippen molar-refractivity contribution in [1.82, 2.24) is 15.7 Å². The summed E-state index contributed by atoms with van der Waals surface area (Å²) in [6.45, 7) is 3.41. The SMILES string of the molecule is CCc1cccc2c(C=NNC(=S)NCCOC)c[nH]c12. The van der Waals surface area contributed by atoms with Crippen LogP contribution in [-0.2, 0) is 11.2 Å². The number of nitrogens with zero attached hydrogens (tertiary/aromatic N) is 1. The highest BCUT2D eigenvalue weighted by Gasteiger charge is 2.04. The zero-order valence-corrected chi connectivity index (χ0v) is 13.1. The van der Waals surface area contributed by atoms with Crippen LogP contribution in [0.5, 0.6) is 0 Å². The minimum atomic E-state index is 0.484. The maximum Gasteiger partial charge on any atom is 0.187 e. The van der Waals surface area contributed by atoms with E-state index in [-0.39, 0.29) is 0 Å². The van der Waals surface area contributed by atoms with Gasteiger partial charge in [0.05, 0.1) is 12.8 Å². The molecule has 0 fully saturated rings. The molecule has 0 bridgehead atoms. The largest absolute Gasteiger partial charge is 0.383 e. The molecule has 0 amide bonds. The molecule has 1 heterocycles. The fraction of sp³-hybridized carbons (Fsp3) is 0.333. The van der Waals surface area contributed by atoms with Crippen molar-refractivity contribution in [2.24, 2.45) is 5.10 Å². The Kier molecular flexibility index (Phi) is 5.71. The van der Waals surface area contributed by atoms with Gasteiger partial charge in [0.15, 0.2) is 5.11 Å². The first-order valence-corrected chi connectivity index (χ1v) is 7.32. The van der Waals surface area contributed by atoms with Crippen molar-refractivity contribution in [2.45, 2.75) is 13.3 Å². The monoisotopic (exact) mass is 304 g/mol. The molecule has 0 aliphatic heterocycles. The van der Waals surface area contributed by atoms with Gasteiger partial charge in [0, 0.05) is 36.3 Å². The fourth-order valence-electron chi connectivity index (χ4n) is 2.11. The number of fused-ring (bicyclic) bond motifs is 1. The molecular formula is C15H20N4OS. The predicted molar refractivity (Wildman–Crippen MR) is 90.9 cm³/mol. The van der Waals surface area contributed by atoms with Gasteiger partial charge in [-0.3, -0.25) is 5.43 Å². The van der Waals surface area contributed by atoms with Crippen LogP contribution < -0.4 is 10.7 Å². The van der Waals surface area contributed by atoms with E-state index in [0.717, 1.165) is 17.4 Å². The van der Waals surface area contributed by atoms with Crippen molar-refractivity contribution in [3.8, 4) is 0 Å². The Morgan fingerprint density at radius 3 is 3.10 bits per heavy atom. The van der Waals surface area contributed by atoms with Crippen molar-refractivity contribution < 1.29 is 4.74 Å². The van der Waals surface area contributed by atoms with Gasteiger partial charge in [0.2, 0.25) is 0 Å². The zero-order valence-electron chi connectivity index (χ0n) is 12.3. The highest BCUT2D eigenvalue weighted by atomic mass is 32.1. The average molecular weight is 304 g/mol. The number of para-hydroxylation sites is 1. The number of aromatic amines is 1. The van der Waals surface area contributed by atoms with Crippen molar-refractivity contribution in [3.05, 3.63) is 35.5 Å². The van der Waals surface area contributed by atoms with Crippen LogP contribution in [-0.4, -0.2) is 36.6 Å². The second-order valence-corrected chi connectivity index (χ2v) is 4.96. The van der Waals surface area contributed by atoms with Crippen LogP contribution >= 0.6 is 12.2 Å². The molecule has 5 nitrogen and oxygen atoms in total. The number of ether oxygens (including phenoxy) is 1. The van der Waals surface area contributed by atoms with Gasteiger partial charge >= 0.3 is 0 Å². The minimum absolute atomic E-state index is 0.484. The van der Waals surface area contributed by atoms with E-state index in [1.165, 1.54) is 11.1 Å². The van der Waals surface area contributed by atoms with E-state index in [1.807, 2.05) is 6.20 Å². The summed E-state index contributed by atoms with van der Waals surface area (Å²) in [4.78, 5) is 3.30. The highest BCUT2D eigenvalue weighted by Crippen LogP contribution is 2.20. The maximum absolute atomic E-state index is 5.10. The van der Waals surface area contributed by atoms with E-state index in [1.54, 1.807) is 13.3 Å². The minimum Gasteiger partial charge on any atom is -0.383 e. The third-order valence-corrected chi connectivity index (χ3v) is 3.41.